The van der Waals surface area contributed by atoms with Crippen LogP contribution in [0.15, 0.2) is 33.5 Å². The van der Waals surface area contributed by atoms with Crippen LogP contribution in [-0.2, 0) is 12.8 Å². The van der Waals surface area contributed by atoms with Crippen molar-refractivity contribution in [2.75, 3.05) is 0 Å². The Morgan fingerprint density at radius 1 is 1.27 bits per heavy atom. The van der Waals surface area contributed by atoms with Crippen molar-refractivity contribution in [1.82, 2.24) is 10.2 Å². The van der Waals surface area contributed by atoms with Crippen molar-refractivity contribution in [2.45, 2.75) is 19.8 Å². The van der Waals surface area contributed by atoms with Crippen LogP contribution in [0.3, 0.4) is 0 Å². The molecule has 2 aromatic rings. The van der Waals surface area contributed by atoms with Crippen LogP contribution >= 0.6 is 15.9 Å². The molecule has 0 saturated carbocycles. The van der Waals surface area contributed by atoms with Gasteiger partial charge in [0.25, 0.3) is 4.80 Å². The van der Waals surface area contributed by atoms with Crippen LogP contribution in [0.5, 0.6) is 0 Å². The molecule has 0 N–H and O–H groups in total. The van der Waals surface area contributed by atoms with E-state index in [1.54, 1.807) is 0 Å². The molecule has 0 fully saturated rings. The minimum absolute atomic E-state index is 0.446. The van der Waals surface area contributed by atoms with Crippen molar-refractivity contribution >= 4 is 15.9 Å². The summed E-state index contributed by atoms with van der Waals surface area (Å²) < 4.78 is 5.23. The summed E-state index contributed by atoms with van der Waals surface area (Å²) in [6, 6.07) is 8.44. The highest BCUT2D eigenvalue weighted by Crippen LogP contribution is 2.11. The van der Waals surface area contributed by atoms with Gasteiger partial charge in [-0.2, -0.15) is 0 Å². The van der Waals surface area contributed by atoms with Gasteiger partial charge in [-0.05, 0) is 18.9 Å². The van der Waals surface area contributed by atoms with E-state index in [0.29, 0.717) is 10.7 Å². The highest BCUT2D eigenvalue weighted by molar-refractivity contribution is 9.10. The second-order valence-corrected chi connectivity index (χ2v) is 4.12. The van der Waals surface area contributed by atoms with Crippen molar-refractivity contribution in [2.24, 2.45) is 0 Å². The molecular weight excluding hydrogens is 256 g/mol. The van der Waals surface area contributed by atoms with E-state index in [1.165, 1.54) is 11.1 Å². The highest BCUT2D eigenvalue weighted by Gasteiger charge is 2.03. The maximum Gasteiger partial charge on any atom is 0.284 e. The fourth-order valence-corrected chi connectivity index (χ4v) is 1.72. The van der Waals surface area contributed by atoms with Gasteiger partial charge in [0.05, 0.1) is 0 Å². The molecular formula is C11H11BrN2O. The number of aromatic nitrogens is 2. The van der Waals surface area contributed by atoms with Gasteiger partial charge < -0.3 is 4.42 Å². The van der Waals surface area contributed by atoms with E-state index >= 15 is 0 Å². The first-order chi connectivity index (χ1) is 7.24. The molecule has 1 aromatic carbocycles. The third-order valence-corrected chi connectivity index (χ3v) is 2.47. The second-order valence-electron chi connectivity index (χ2n) is 3.44. The lowest BCUT2D eigenvalue weighted by molar-refractivity contribution is 0.471. The molecule has 3 nitrogen and oxygen atoms in total. The van der Waals surface area contributed by atoms with Crippen LogP contribution in [0.2, 0.25) is 0 Å². The average Bonchev–Trinajstić information content (AvgIpc) is 2.62. The summed E-state index contributed by atoms with van der Waals surface area (Å²) in [6.45, 7) is 2.09. The highest BCUT2D eigenvalue weighted by atomic mass is 79.9. The summed E-state index contributed by atoms with van der Waals surface area (Å²) in [4.78, 5) is 0.446. The Morgan fingerprint density at radius 2 is 2.13 bits per heavy atom. The van der Waals surface area contributed by atoms with Crippen molar-refractivity contribution in [1.29, 1.82) is 0 Å². The molecule has 0 radical (unpaired) electrons. The van der Waals surface area contributed by atoms with Gasteiger partial charge in [0, 0.05) is 22.4 Å². The summed E-state index contributed by atoms with van der Waals surface area (Å²) in [5.41, 5.74) is 2.57. The van der Waals surface area contributed by atoms with Crippen LogP contribution in [0.1, 0.15) is 17.0 Å². The minimum atomic E-state index is 0.446. The first-order valence-electron chi connectivity index (χ1n) is 4.77. The maximum atomic E-state index is 5.23. The molecule has 2 rings (SSSR count). The number of hydrogen-bond acceptors (Lipinski definition) is 3. The normalized spacial score (nSPS) is 10.5. The number of nitrogens with zero attached hydrogens (tertiary/aromatic N) is 2. The molecule has 0 bridgehead atoms. The van der Waals surface area contributed by atoms with E-state index in [9.17, 15) is 0 Å². The summed E-state index contributed by atoms with van der Waals surface area (Å²) in [5.74, 6) is 0.670. The summed E-state index contributed by atoms with van der Waals surface area (Å²) in [6.07, 6.45) is 1.71. The lowest BCUT2D eigenvalue weighted by Crippen LogP contribution is -1.92. The molecule has 4 heteroatoms. The van der Waals surface area contributed by atoms with Crippen molar-refractivity contribution in [3.63, 3.8) is 0 Å². The second kappa shape index (κ2) is 4.57. The molecule has 1 aromatic heterocycles. The van der Waals surface area contributed by atoms with Gasteiger partial charge >= 0.3 is 0 Å². The zero-order valence-corrected chi connectivity index (χ0v) is 9.99. The quantitative estimate of drug-likeness (QED) is 0.858. The maximum absolute atomic E-state index is 5.23. The van der Waals surface area contributed by atoms with E-state index in [-0.39, 0.29) is 0 Å². The van der Waals surface area contributed by atoms with Crippen LogP contribution in [0, 0.1) is 6.92 Å². The van der Waals surface area contributed by atoms with Gasteiger partial charge in [-0.15, -0.1) is 10.2 Å². The number of halogens is 1. The van der Waals surface area contributed by atoms with E-state index in [4.69, 9.17) is 4.42 Å². The van der Waals surface area contributed by atoms with Gasteiger partial charge in [0.2, 0.25) is 5.89 Å². The molecule has 0 aliphatic rings. The van der Waals surface area contributed by atoms with Crippen LogP contribution < -0.4 is 0 Å². The minimum Gasteiger partial charge on any atom is -0.416 e. The van der Waals surface area contributed by atoms with E-state index in [1.807, 2.05) is 0 Å². The van der Waals surface area contributed by atoms with Crippen LogP contribution in [0.25, 0.3) is 0 Å². The van der Waals surface area contributed by atoms with Gasteiger partial charge in [0.15, 0.2) is 0 Å². The first kappa shape index (κ1) is 10.4. The lowest BCUT2D eigenvalue weighted by Gasteiger charge is -1.99. The standard InChI is InChI=1S/C11H11BrN2O/c1-8-3-2-4-9(7-8)5-6-10-13-14-11(12)15-10/h2-4,7H,5-6H2,1H3. The Bertz CT molecular complexity index is 453. The lowest BCUT2D eigenvalue weighted by atomic mass is 10.1. The fourth-order valence-electron chi connectivity index (χ4n) is 1.45. The average molecular weight is 267 g/mol. The van der Waals surface area contributed by atoms with Gasteiger partial charge in [0.1, 0.15) is 0 Å². The number of aryl methyl sites for hydroxylation is 3. The Kier molecular flexibility index (Phi) is 3.16. The molecule has 1 heterocycles. The van der Waals surface area contributed by atoms with E-state index < -0.39 is 0 Å². The zero-order valence-electron chi connectivity index (χ0n) is 8.40. The van der Waals surface area contributed by atoms with Crippen molar-refractivity contribution in [3.05, 3.63) is 46.1 Å². The van der Waals surface area contributed by atoms with Gasteiger partial charge in [-0.3, -0.25) is 0 Å². The molecule has 0 unspecified atom stereocenters. The Hall–Kier alpha value is -1.16. The smallest absolute Gasteiger partial charge is 0.284 e. The molecule has 0 saturated heterocycles. The third-order valence-electron chi connectivity index (χ3n) is 2.15. The molecule has 78 valence electrons. The summed E-state index contributed by atoms with van der Waals surface area (Å²) >= 11 is 3.13. The van der Waals surface area contributed by atoms with Crippen LogP contribution in [-0.4, -0.2) is 10.2 Å². The summed E-state index contributed by atoms with van der Waals surface area (Å²) in [7, 11) is 0. The molecule has 0 atom stereocenters. The Labute approximate surface area is 96.7 Å². The van der Waals surface area contributed by atoms with Crippen LogP contribution in [0.4, 0.5) is 0 Å². The third kappa shape index (κ3) is 2.89. The van der Waals surface area contributed by atoms with Gasteiger partial charge in [-0.1, -0.05) is 29.8 Å². The fraction of sp³-hybridized carbons (Fsp3) is 0.273. The first-order valence-corrected chi connectivity index (χ1v) is 5.57. The monoisotopic (exact) mass is 266 g/mol. The molecule has 0 aliphatic carbocycles. The molecule has 0 amide bonds. The SMILES string of the molecule is Cc1cccc(CCc2nnc(Br)o2)c1. The predicted molar refractivity (Wildman–Crippen MR) is 60.6 cm³/mol. The van der Waals surface area contributed by atoms with Crippen molar-refractivity contribution < 1.29 is 4.42 Å². The van der Waals surface area contributed by atoms with E-state index in [2.05, 4.69) is 57.3 Å². The number of hydrogen-bond donors (Lipinski definition) is 0. The summed E-state index contributed by atoms with van der Waals surface area (Å²) in [5, 5.41) is 7.64. The van der Waals surface area contributed by atoms with E-state index in [0.717, 1.165) is 12.8 Å². The number of rotatable bonds is 3. The number of benzene rings is 1. The molecule has 15 heavy (non-hydrogen) atoms. The predicted octanol–water partition coefficient (Wildman–Crippen LogP) is 2.93. The van der Waals surface area contributed by atoms with Crippen molar-refractivity contribution in [3.8, 4) is 0 Å². The topological polar surface area (TPSA) is 38.9 Å². The van der Waals surface area contributed by atoms with Gasteiger partial charge in [-0.25, -0.2) is 0 Å². The largest absolute Gasteiger partial charge is 0.416 e. The molecule has 0 aliphatic heterocycles. The Balaban J connectivity index is 1.99. The Morgan fingerprint density at radius 3 is 2.80 bits per heavy atom. The molecule has 0 spiro atoms. The zero-order chi connectivity index (χ0) is 10.7.